The summed E-state index contributed by atoms with van der Waals surface area (Å²) in [7, 11) is 0. The van der Waals surface area contributed by atoms with Gasteiger partial charge in [-0.15, -0.1) is 22.7 Å². The third-order valence-electron chi connectivity index (χ3n) is 10.4. The molecule has 0 fully saturated rings. The topological polar surface area (TPSA) is 43.1 Å². The average Bonchev–Trinajstić information content (AvgIpc) is 3.95. The predicted octanol–water partition coefficient (Wildman–Crippen LogP) is 12.8. The fourth-order valence-corrected chi connectivity index (χ4v) is 10.5. The molecule has 0 aliphatic heterocycles. The molecule has 0 saturated carbocycles. The molecule has 6 heteroatoms. The second-order valence-electron chi connectivity index (χ2n) is 13.2. The van der Waals surface area contributed by atoms with E-state index in [9.17, 15) is 0 Å². The molecule has 0 atom stereocenters. The van der Waals surface area contributed by atoms with Crippen LogP contribution in [-0.4, -0.2) is 19.4 Å². The minimum Gasteiger partial charge on any atom is -0.308 e. The molecule has 0 unspecified atom stereocenters. The van der Waals surface area contributed by atoms with Crippen molar-refractivity contribution < 1.29 is 0 Å². The number of thiazole rings is 1. The van der Waals surface area contributed by atoms with Gasteiger partial charge in [-0.25, -0.2) is 15.0 Å². The van der Waals surface area contributed by atoms with Crippen LogP contribution in [0.15, 0.2) is 146 Å². The van der Waals surface area contributed by atoms with Gasteiger partial charge >= 0.3 is 0 Å². The molecule has 0 bridgehead atoms. The molecular weight excluding hydrogens is 661 g/mol. The van der Waals surface area contributed by atoms with Gasteiger partial charge in [0.2, 0.25) is 0 Å². The largest absolute Gasteiger partial charge is 0.308 e. The molecule has 0 saturated heterocycles. The van der Waals surface area contributed by atoms with E-state index < -0.39 is 0 Å². The maximum Gasteiger partial charge on any atom is 0.160 e. The number of thiophene rings is 1. The number of aromatic nitrogens is 4. The van der Waals surface area contributed by atoms with Gasteiger partial charge in [0.1, 0.15) is 5.01 Å². The summed E-state index contributed by atoms with van der Waals surface area (Å²) in [6, 6.07) is 51.9. The SMILES string of the molecule is c1ccc(-c2nc3cc4c5ccccc5n5c6ccc(-c7nc(-c8cccc9c8sc8ccccc89)c8ccccc8n7)cc6c(c3s2)c45)cc1. The van der Waals surface area contributed by atoms with Crippen molar-refractivity contribution in [3.8, 4) is 33.2 Å². The second kappa shape index (κ2) is 10.2. The zero-order chi connectivity index (χ0) is 33.2. The van der Waals surface area contributed by atoms with Crippen LogP contribution >= 0.6 is 22.7 Å². The lowest BCUT2D eigenvalue weighted by Gasteiger charge is -2.10. The molecular formula is C45H24N4S2. The van der Waals surface area contributed by atoms with E-state index in [0.717, 1.165) is 49.6 Å². The fraction of sp³-hybridized carbons (Fsp3) is 0. The zero-order valence-corrected chi connectivity index (χ0v) is 28.6. The van der Waals surface area contributed by atoms with E-state index in [1.165, 1.54) is 63.0 Å². The van der Waals surface area contributed by atoms with Gasteiger partial charge in [-0.05, 0) is 42.5 Å². The summed E-state index contributed by atoms with van der Waals surface area (Å²) in [6.45, 7) is 0. The van der Waals surface area contributed by atoms with Gasteiger partial charge < -0.3 is 4.40 Å². The number of para-hydroxylation sites is 2. The van der Waals surface area contributed by atoms with E-state index in [1.54, 1.807) is 11.3 Å². The average molecular weight is 685 g/mol. The molecule has 0 aliphatic rings. The van der Waals surface area contributed by atoms with Crippen molar-refractivity contribution >= 4 is 102 Å². The Hall–Kier alpha value is -6.21. The van der Waals surface area contributed by atoms with Crippen molar-refractivity contribution in [2.45, 2.75) is 0 Å². The first kappa shape index (κ1) is 27.6. The summed E-state index contributed by atoms with van der Waals surface area (Å²) in [5, 5.41) is 9.55. The number of rotatable bonds is 3. The Labute approximate surface area is 298 Å². The molecule has 12 aromatic rings. The maximum absolute atomic E-state index is 5.41. The van der Waals surface area contributed by atoms with Crippen LogP contribution in [0.2, 0.25) is 0 Å². The monoisotopic (exact) mass is 684 g/mol. The Morgan fingerprint density at radius 1 is 0.451 bits per heavy atom. The van der Waals surface area contributed by atoms with E-state index in [0.29, 0.717) is 0 Å². The lowest BCUT2D eigenvalue weighted by atomic mass is 10.0. The highest BCUT2D eigenvalue weighted by atomic mass is 32.1. The quantitative estimate of drug-likeness (QED) is 0.186. The molecule has 0 radical (unpaired) electrons. The molecule has 0 N–H and O–H groups in total. The number of fused-ring (bicyclic) bond motifs is 12. The highest BCUT2D eigenvalue weighted by Gasteiger charge is 2.23. The molecule has 51 heavy (non-hydrogen) atoms. The summed E-state index contributed by atoms with van der Waals surface area (Å²) < 4.78 is 6.18. The van der Waals surface area contributed by atoms with Crippen LogP contribution in [0.25, 0.3) is 113 Å². The molecule has 4 nitrogen and oxygen atoms in total. The van der Waals surface area contributed by atoms with Crippen molar-refractivity contribution in [3.63, 3.8) is 0 Å². The maximum atomic E-state index is 5.41. The van der Waals surface area contributed by atoms with Gasteiger partial charge in [0.15, 0.2) is 5.82 Å². The standard InChI is InChI=1S/C45H24N4S2/c1-2-11-25(12-3-1)45-47-35-24-32-27-13-5-8-19-36(27)49-37-22-21-26(23-33(37)39(41(32)49)43(35)51-45)44-46-34-18-7-4-15-30(34)40(48-44)31-17-10-16-29-28-14-6-9-20-38(28)50-42(29)31/h1-24H. The second-order valence-corrected chi connectivity index (χ2v) is 15.2. The van der Waals surface area contributed by atoms with Crippen LogP contribution < -0.4 is 0 Å². The smallest absolute Gasteiger partial charge is 0.160 e. The van der Waals surface area contributed by atoms with E-state index in [1.807, 2.05) is 11.3 Å². The van der Waals surface area contributed by atoms with Gasteiger partial charge in [-0.1, -0.05) is 103 Å². The Morgan fingerprint density at radius 3 is 2.14 bits per heavy atom. The minimum atomic E-state index is 0.726. The van der Waals surface area contributed by atoms with Crippen LogP contribution in [0.4, 0.5) is 0 Å². The summed E-state index contributed by atoms with van der Waals surface area (Å²) in [6.07, 6.45) is 0. The lowest BCUT2D eigenvalue weighted by Crippen LogP contribution is -1.95. The number of benzene rings is 7. The zero-order valence-electron chi connectivity index (χ0n) is 27.0. The predicted molar refractivity (Wildman–Crippen MR) is 217 cm³/mol. The summed E-state index contributed by atoms with van der Waals surface area (Å²) in [5.74, 6) is 0.726. The van der Waals surface area contributed by atoms with E-state index in [2.05, 4.69) is 150 Å². The Kier molecular flexibility index (Phi) is 5.50. The van der Waals surface area contributed by atoms with Gasteiger partial charge in [-0.3, -0.25) is 0 Å². The highest BCUT2D eigenvalue weighted by Crippen LogP contribution is 2.47. The van der Waals surface area contributed by atoms with E-state index in [-0.39, 0.29) is 0 Å². The first-order chi connectivity index (χ1) is 25.3. The number of hydrogen-bond acceptors (Lipinski definition) is 5. The van der Waals surface area contributed by atoms with Crippen molar-refractivity contribution in [2.75, 3.05) is 0 Å². The van der Waals surface area contributed by atoms with Gasteiger partial charge in [0.05, 0.1) is 38.0 Å². The molecule has 0 aliphatic carbocycles. The fourth-order valence-electron chi connectivity index (χ4n) is 8.13. The molecule has 5 heterocycles. The third-order valence-corrected chi connectivity index (χ3v) is 12.7. The molecule has 5 aromatic heterocycles. The van der Waals surface area contributed by atoms with Gasteiger partial charge in [0.25, 0.3) is 0 Å². The van der Waals surface area contributed by atoms with Crippen LogP contribution in [0.5, 0.6) is 0 Å². The molecule has 236 valence electrons. The Balaban J connectivity index is 1.15. The van der Waals surface area contributed by atoms with Crippen LogP contribution in [0, 0.1) is 0 Å². The lowest BCUT2D eigenvalue weighted by molar-refractivity contribution is 1.23. The van der Waals surface area contributed by atoms with Crippen LogP contribution in [-0.2, 0) is 0 Å². The number of nitrogens with zero attached hydrogens (tertiary/aromatic N) is 4. The Bertz CT molecular complexity index is 3370. The summed E-state index contributed by atoms with van der Waals surface area (Å²) >= 11 is 3.61. The molecule has 7 aromatic carbocycles. The van der Waals surface area contributed by atoms with E-state index >= 15 is 0 Å². The van der Waals surface area contributed by atoms with Crippen LogP contribution in [0.3, 0.4) is 0 Å². The molecule has 0 amide bonds. The molecule has 12 rings (SSSR count). The molecule has 0 spiro atoms. The van der Waals surface area contributed by atoms with Gasteiger partial charge in [-0.2, -0.15) is 0 Å². The normalized spacial score (nSPS) is 12.3. The first-order valence-electron chi connectivity index (χ1n) is 17.0. The van der Waals surface area contributed by atoms with Crippen molar-refractivity contribution in [1.29, 1.82) is 0 Å². The Morgan fingerprint density at radius 2 is 1.22 bits per heavy atom. The van der Waals surface area contributed by atoms with Crippen molar-refractivity contribution in [1.82, 2.24) is 19.4 Å². The van der Waals surface area contributed by atoms with Gasteiger partial charge in [0, 0.05) is 63.8 Å². The highest BCUT2D eigenvalue weighted by molar-refractivity contribution is 7.26. The van der Waals surface area contributed by atoms with Crippen LogP contribution in [0.1, 0.15) is 0 Å². The first-order valence-corrected chi connectivity index (χ1v) is 18.7. The minimum absolute atomic E-state index is 0.726. The van der Waals surface area contributed by atoms with Crippen molar-refractivity contribution in [3.05, 3.63) is 146 Å². The summed E-state index contributed by atoms with van der Waals surface area (Å²) in [4.78, 5) is 15.8. The third kappa shape index (κ3) is 3.80. The van der Waals surface area contributed by atoms with Crippen molar-refractivity contribution in [2.24, 2.45) is 0 Å². The number of hydrogen-bond donors (Lipinski definition) is 0. The summed E-state index contributed by atoms with van der Waals surface area (Å²) in [5.41, 5.74) is 9.84. The van der Waals surface area contributed by atoms with E-state index in [4.69, 9.17) is 15.0 Å².